The first-order chi connectivity index (χ1) is 14.6. The van der Waals surface area contributed by atoms with E-state index >= 15 is 0 Å². The molecule has 3 heterocycles. The number of carbonyl (C=O) groups excluding carboxylic acids is 1. The lowest BCUT2D eigenvalue weighted by atomic mass is 9.83. The highest BCUT2D eigenvalue weighted by molar-refractivity contribution is 7.98. The summed E-state index contributed by atoms with van der Waals surface area (Å²) in [5.41, 5.74) is 2.98. The second-order valence-electron chi connectivity index (χ2n) is 6.78. The summed E-state index contributed by atoms with van der Waals surface area (Å²) in [7, 11) is 1.33. The van der Waals surface area contributed by atoms with Gasteiger partial charge in [0.05, 0.1) is 24.2 Å². The molecule has 0 radical (unpaired) electrons. The standard InChI is InChI=1S/C22H20N4O3S/c1-13-16(21(28)29-2)17(15-8-10-23-11-9-15)18-19(24-13)25-22(26-20(18)27)30-12-14-6-4-3-5-7-14/h3-11,17H,12H2,1-2H3,(H2,24,25,26,27)/t17-/m0/s1. The summed E-state index contributed by atoms with van der Waals surface area (Å²) < 4.78 is 4.99. The third kappa shape index (κ3) is 3.86. The van der Waals surface area contributed by atoms with Crippen LogP contribution in [0.2, 0.25) is 0 Å². The molecule has 7 nitrogen and oxygen atoms in total. The van der Waals surface area contributed by atoms with E-state index in [4.69, 9.17) is 4.74 Å². The Hall–Kier alpha value is -3.39. The Labute approximate surface area is 177 Å². The minimum absolute atomic E-state index is 0.293. The smallest absolute Gasteiger partial charge is 0.336 e. The molecule has 0 saturated heterocycles. The maximum Gasteiger partial charge on any atom is 0.336 e. The molecule has 0 unspecified atom stereocenters. The van der Waals surface area contributed by atoms with Crippen LogP contribution in [0.3, 0.4) is 0 Å². The van der Waals surface area contributed by atoms with E-state index in [2.05, 4.69) is 20.3 Å². The first kappa shape index (κ1) is 19.9. The van der Waals surface area contributed by atoms with Crippen molar-refractivity contribution in [2.24, 2.45) is 0 Å². The van der Waals surface area contributed by atoms with Crippen LogP contribution in [-0.4, -0.2) is 28.0 Å². The van der Waals surface area contributed by atoms with Crippen LogP contribution in [0.1, 0.15) is 29.5 Å². The summed E-state index contributed by atoms with van der Waals surface area (Å²) in [6.07, 6.45) is 3.26. The van der Waals surface area contributed by atoms with Crippen molar-refractivity contribution in [3.8, 4) is 0 Å². The number of aromatic amines is 1. The van der Waals surface area contributed by atoms with Gasteiger partial charge in [-0.25, -0.2) is 9.78 Å². The number of hydrogen-bond acceptors (Lipinski definition) is 7. The van der Waals surface area contributed by atoms with Crippen molar-refractivity contribution in [1.29, 1.82) is 0 Å². The van der Waals surface area contributed by atoms with E-state index in [9.17, 15) is 9.59 Å². The number of aromatic nitrogens is 3. The number of esters is 1. The third-order valence-corrected chi connectivity index (χ3v) is 5.83. The fourth-order valence-electron chi connectivity index (χ4n) is 3.50. The summed E-state index contributed by atoms with van der Waals surface area (Å²) in [5.74, 6) is 0.0373. The predicted molar refractivity (Wildman–Crippen MR) is 115 cm³/mol. The number of rotatable bonds is 5. The Morgan fingerprint density at radius 3 is 2.60 bits per heavy atom. The SMILES string of the molecule is COC(=O)C1=C(C)Nc2nc(SCc3ccccc3)[nH]c(=O)c2[C@H]1c1ccncc1. The van der Waals surface area contributed by atoms with Gasteiger partial charge in [0.2, 0.25) is 0 Å². The van der Waals surface area contributed by atoms with Gasteiger partial charge in [-0.2, -0.15) is 0 Å². The maximum atomic E-state index is 13.1. The zero-order valence-electron chi connectivity index (χ0n) is 16.5. The van der Waals surface area contributed by atoms with Crippen molar-refractivity contribution in [2.45, 2.75) is 23.8 Å². The summed E-state index contributed by atoms with van der Waals surface area (Å²) in [6, 6.07) is 13.5. The third-order valence-electron chi connectivity index (χ3n) is 4.88. The van der Waals surface area contributed by atoms with Crippen LogP contribution in [-0.2, 0) is 15.3 Å². The number of fused-ring (bicyclic) bond motifs is 1. The molecule has 2 N–H and O–H groups in total. The van der Waals surface area contributed by atoms with Crippen LogP contribution in [0, 0.1) is 0 Å². The molecular formula is C22H20N4O3S. The first-order valence-electron chi connectivity index (χ1n) is 9.35. The van der Waals surface area contributed by atoms with Crippen LogP contribution in [0.25, 0.3) is 0 Å². The van der Waals surface area contributed by atoms with Crippen molar-refractivity contribution in [3.05, 3.63) is 93.2 Å². The molecule has 1 aromatic carbocycles. The van der Waals surface area contributed by atoms with Gasteiger partial charge in [-0.15, -0.1) is 0 Å². The van der Waals surface area contributed by atoms with Crippen molar-refractivity contribution >= 4 is 23.5 Å². The quantitative estimate of drug-likeness (QED) is 0.371. The van der Waals surface area contributed by atoms with Gasteiger partial charge in [0, 0.05) is 23.8 Å². The monoisotopic (exact) mass is 420 g/mol. The molecule has 0 saturated carbocycles. The molecule has 0 fully saturated rings. The topological polar surface area (TPSA) is 97.0 Å². The number of hydrogen-bond donors (Lipinski definition) is 2. The summed E-state index contributed by atoms with van der Waals surface area (Å²) in [6.45, 7) is 1.78. The van der Waals surface area contributed by atoms with E-state index in [0.717, 1.165) is 11.1 Å². The first-order valence-corrected chi connectivity index (χ1v) is 10.3. The Morgan fingerprint density at radius 2 is 1.90 bits per heavy atom. The van der Waals surface area contributed by atoms with Gasteiger partial charge in [0.15, 0.2) is 5.16 Å². The van der Waals surface area contributed by atoms with Gasteiger partial charge in [-0.1, -0.05) is 42.1 Å². The van der Waals surface area contributed by atoms with Crippen LogP contribution in [0.5, 0.6) is 0 Å². The van der Waals surface area contributed by atoms with Crippen LogP contribution < -0.4 is 10.9 Å². The molecule has 0 amide bonds. The Morgan fingerprint density at radius 1 is 1.17 bits per heavy atom. The molecule has 1 aliphatic rings. The summed E-state index contributed by atoms with van der Waals surface area (Å²) in [5, 5.41) is 3.63. The molecule has 8 heteroatoms. The van der Waals surface area contributed by atoms with Crippen LogP contribution in [0.15, 0.2) is 76.1 Å². The van der Waals surface area contributed by atoms with E-state index < -0.39 is 11.9 Å². The van der Waals surface area contributed by atoms with E-state index in [1.54, 1.807) is 31.5 Å². The second-order valence-corrected chi connectivity index (χ2v) is 7.74. The zero-order chi connectivity index (χ0) is 21.1. The molecule has 4 rings (SSSR count). The van der Waals surface area contributed by atoms with Crippen molar-refractivity contribution < 1.29 is 9.53 Å². The normalized spacial score (nSPS) is 15.3. The lowest BCUT2D eigenvalue weighted by Crippen LogP contribution is -2.31. The number of carbonyl (C=O) groups is 1. The molecule has 2 aromatic heterocycles. The lowest BCUT2D eigenvalue weighted by Gasteiger charge is -2.28. The number of allylic oxidation sites excluding steroid dienone is 1. The highest BCUT2D eigenvalue weighted by Crippen LogP contribution is 2.39. The number of pyridine rings is 1. The van der Waals surface area contributed by atoms with Gasteiger partial charge >= 0.3 is 5.97 Å². The van der Waals surface area contributed by atoms with Crippen molar-refractivity contribution in [1.82, 2.24) is 15.0 Å². The van der Waals surface area contributed by atoms with Crippen molar-refractivity contribution in [3.63, 3.8) is 0 Å². The molecule has 1 aliphatic heterocycles. The van der Waals surface area contributed by atoms with Crippen molar-refractivity contribution in [2.75, 3.05) is 12.4 Å². The fraction of sp³-hybridized carbons (Fsp3) is 0.182. The van der Waals surface area contributed by atoms with Gasteiger partial charge in [0.25, 0.3) is 5.56 Å². The maximum absolute atomic E-state index is 13.1. The fourth-order valence-corrected chi connectivity index (χ4v) is 4.31. The highest BCUT2D eigenvalue weighted by atomic mass is 32.2. The van der Waals surface area contributed by atoms with Gasteiger partial charge in [-0.05, 0) is 30.2 Å². The number of anilines is 1. The minimum Gasteiger partial charge on any atom is -0.466 e. The average Bonchev–Trinajstić information content (AvgIpc) is 2.77. The summed E-state index contributed by atoms with van der Waals surface area (Å²) >= 11 is 1.45. The van der Waals surface area contributed by atoms with Gasteiger partial charge < -0.3 is 15.0 Å². The van der Waals surface area contributed by atoms with E-state index in [0.29, 0.717) is 33.6 Å². The molecule has 3 aromatic rings. The second kappa shape index (κ2) is 8.54. The Bertz CT molecular complexity index is 1160. The van der Waals surface area contributed by atoms with Gasteiger partial charge in [0.1, 0.15) is 5.82 Å². The van der Waals surface area contributed by atoms with Crippen LogP contribution >= 0.6 is 11.8 Å². The number of thioether (sulfide) groups is 1. The lowest BCUT2D eigenvalue weighted by molar-refractivity contribution is -0.136. The molecular weight excluding hydrogens is 400 g/mol. The Balaban J connectivity index is 1.76. The van der Waals surface area contributed by atoms with E-state index in [1.807, 2.05) is 30.3 Å². The molecule has 30 heavy (non-hydrogen) atoms. The minimum atomic E-state index is -0.596. The molecule has 1 atom stereocenters. The number of H-pyrrole nitrogens is 1. The average molecular weight is 420 g/mol. The zero-order valence-corrected chi connectivity index (χ0v) is 17.3. The Kier molecular flexibility index (Phi) is 5.67. The number of methoxy groups -OCH3 is 1. The summed E-state index contributed by atoms with van der Waals surface area (Å²) in [4.78, 5) is 37.2. The number of nitrogens with zero attached hydrogens (tertiary/aromatic N) is 2. The number of ether oxygens (including phenoxy) is 1. The van der Waals surface area contributed by atoms with Crippen LogP contribution in [0.4, 0.5) is 5.82 Å². The molecule has 152 valence electrons. The predicted octanol–water partition coefficient (Wildman–Crippen LogP) is 3.46. The highest BCUT2D eigenvalue weighted by Gasteiger charge is 2.36. The largest absolute Gasteiger partial charge is 0.466 e. The molecule has 0 aliphatic carbocycles. The van der Waals surface area contributed by atoms with E-state index in [-0.39, 0.29) is 5.56 Å². The number of nitrogens with one attached hydrogen (secondary N) is 2. The number of benzene rings is 1. The van der Waals surface area contributed by atoms with E-state index in [1.165, 1.54) is 18.9 Å². The van der Waals surface area contributed by atoms with Gasteiger partial charge in [-0.3, -0.25) is 9.78 Å². The molecule has 0 bridgehead atoms. The molecule has 0 spiro atoms.